The minimum atomic E-state index is 0.0436. The van der Waals surface area contributed by atoms with Crippen molar-refractivity contribution in [1.29, 1.82) is 0 Å². The smallest absolute Gasteiger partial charge is 0.0694 e. The molecular formula is C13H19BrN2O. The molecule has 1 aliphatic heterocycles. The summed E-state index contributed by atoms with van der Waals surface area (Å²) in [5.41, 5.74) is 8.08. The van der Waals surface area contributed by atoms with Crippen molar-refractivity contribution in [2.45, 2.75) is 25.9 Å². The predicted molar refractivity (Wildman–Crippen MR) is 74.3 cm³/mol. The largest absolute Gasteiger partial charge is 0.377 e. The van der Waals surface area contributed by atoms with Crippen LogP contribution in [0.3, 0.4) is 0 Å². The highest BCUT2D eigenvalue weighted by atomic mass is 79.9. The van der Waals surface area contributed by atoms with Gasteiger partial charge < -0.3 is 15.4 Å². The van der Waals surface area contributed by atoms with Gasteiger partial charge in [-0.05, 0) is 31.5 Å². The second-order valence-electron chi connectivity index (χ2n) is 5.00. The highest BCUT2D eigenvalue weighted by Crippen LogP contribution is 2.30. The van der Waals surface area contributed by atoms with Crippen LogP contribution < -0.4 is 10.6 Å². The number of anilines is 1. The van der Waals surface area contributed by atoms with Crippen LogP contribution in [0.1, 0.15) is 19.4 Å². The Labute approximate surface area is 111 Å². The third-order valence-corrected chi connectivity index (χ3v) is 3.95. The van der Waals surface area contributed by atoms with E-state index < -0.39 is 0 Å². The van der Waals surface area contributed by atoms with Gasteiger partial charge in [-0.1, -0.05) is 22.0 Å². The highest BCUT2D eigenvalue weighted by molar-refractivity contribution is 9.10. The SMILES string of the molecule is CC1(C)COCCN1c1ccc(CN)c(Br)c1. The van der Waals surface area contributed by atoms with Crippen LogP contribution in [-0.4, -0.2) is 25.3 Å². The van der Waals surface area contributed by atoms with Crippen molar-refractivity contribution in [2.75, 3.05) is 24.7 Å². The molecule has 0 spiro atoms. The maximum absolute atomic E-state index is 5.67. The molecule has 17 heavy (non-hydrogen) atoms. The molecule has 1 saturated heterocycles. The van der Waals surface area contributed by atoms with Crippen LogP contribution in [0.4, 0.5) is 5.69 Å². The van der Waals surface area contributed by atoms with E-state index >= 15 is 0 Å². The zero-order chi connectivity index (χ0) is 12.5. The van der Waals surface area contributed by atoms with E-state index in [-0.39, 0.29) is 5.54 Å². The Kier molecular flexibility index (Phi) is 3.76. The number of rotatable bonds is 2. The summed E-state index contributed by atoms with van der Waals surface area (Å²) in [6.07, 6.45) is 0. The standard InChI is InChI=1S/C13H19BrN2O/c1-13(2)9-17-6-5-16(13)11-4-3-10(8-15)12(14)7-11/h3-4,7H,5-6,8-9,15H2,1-2H3. The van der Waals surface area contributed by atoms with Gasteiger partial charge in [-0.15, -0.1) is 0 Å². The summed E-state index contributed by atoms with van der Waals surface area (Å²) in [6.45, 7) is 7.46. The molecule has 1 fully saturated rings. The van der Waals surface area contributed by atoms with Crippen molar-refractivity contribution >= 4 is 21.6 Å². The second kappa shape index (κ2) is 4.96. The maximum Gasteiger partial charge on any atom is 0.0694 e. The predicted octanol–water partition coefficient (Wildman–Crippen LogP) is 2.52. The molecule has 1 heterocycles. The molecule has 0 atom stereocenters. The third kappa shape index (κ3) is 2.64. The van der Waals surface area contributed by atoms with Crippen molar-refractivity contribution in [1.82, 2.24) is 0 Å². The minimum Gasteiger partial charge on any atom is -0.377 e. The van der Waals surface area contributed by atoms with E-state index in [1.807, 2.05) is 0 Å². The van der Waals surface area contributed by atoms with Gasteiger partial charge in [0.25, 0.3) is 0 Å². The molecule has 1 aromatic carbocycles. The molecule has 0 amide bonds. The Morgan fingerprint density at radius 2 is 2.24 bits per heavy atom. The average molecular weight is 299 g/mol. The molecule has 0 unspecified atom stereocenters. The van der Waals surface area contributed by atoms with Crippen LogP contribution in [0.25, 0.3) is 0 Å². The Morgan fingerprint density at radius 3 is 2.82 bits per heavy atom. The van der Waals surface area contributed by atoms with Crippen LogP contribution in [-0.2, 0) is 11.3 Å². The quantitative estimate of drug-likeness (QED) is 0.912. The van der Waals surface area contributed by atoms with Crippen LogP contribution in [0, 0.1) is 0 Å². The number of nitrogens with zero attached hydrogens (tertiary/aromatic N) is 1. The molecule has 1 aromatic rings. The Hall–Kier alpha value is -0.580. The van der Waals surface area contributed by atoms with Gasteiger partial charge in [0, 0.05) is 23.2 Å². The first-order valence-corrected chi connectivity index (χ1v) is 6.68. The topological polar surface area (TPSA) is 38.5 Å². The van der Waals surface area contributed by atoms with E-state index in [0.717, 1.165) is 29.8 Å². The lowest BCUT2D eigenvalue weighted by atomic mass is 10.0. The summed E-state index contributed by atoms with van der Waals surface area (Å²) in [5, 5.41) is 0. The summed E-state index contributed by atoms with van der Waals surface area (Å²) in [6, 6.07) is 6.38. The summed E-state index contributed by atoms with van der Waals surface area (Å²) in [4.78, 5) is 2.39. The fourth-order valence-corrected chi connectivity index (χ4v) is 2.74. The summed E-state index contributed by atoms with van der Waals surface area (Å²) < 4.78 is 6.62. The van der Waals surface area contributed by atoms with Gasteiger partial charge in [0.2, 0.25) is 0 Å². The van der Waals surface area contributed by atoms with E-state index in [1.165, 1.54) is 5.69 Å². The molecular weight excluding hydrogens is 280 g/mol. The van der Waals surface area contributed by atoms with Crippen LogP contribution in [0.15, 0.2) is 22.7 Å². The van der Waals surface area contributed by atoms with Crippen molar-refractivity contribution in [3.05, 3.63) is 28.2 Å². The molecule has 0 radical (unpaired) electrons. The number of benzene rings is 1. The molecule has 1 aliphatic rings. The first kappa shape index (κ1) is 12.9. The van der Waals surface area contributed by atoms with Gasteiger partial charge in [-0.2, -0.15) is 0 Å². The number of ether oxygens (including phenoxy) is 1. The fraction of sp³-hybridized carbons (Fsp3) is 0.538. The monoisotopic (exact) mass is 298 g/mol. The molecule has 0 bridgehead atoms. The maximum atomic E-state index is 5.67. The van der Waals surface area contributed by atoms with Crippen molar-refractivity contribution in [2.24, 2.45) is 5.73 Å². The van der Waals surface area contributed by atoms with Crippen molar-refractivity contribution in [3.8, 4) is 0 Å². The number of hydrogen-bond acceptors (Lipinski definition) is 3. The second-order valence-corrected chi connectivity index (χ2v) is 5.85. The summed E-state index contributed by atoms with van der Waals surface area (Å²) >= 11 is 3.57. The van der Waals surface area contributed by atoms with E-state index in [2.05, 4.69) is 52.9 Å². The Morgan fingerprint density at radius 1 is 1.47 bits per heavy atom. The van der Waals surface area contributed by atoms with Crippen molar-refractivity contribution < 1.29 is 4.74 Å². The summed E-state index contributed by atoms with van der Waals surface area (Å²) in [5.74, 6) is 0. The van der Waals surface area contributed by atoms with Gasteiger partial charge in [-0.3, -0.25) is 0 Å². The van der Waals surface area contributed by atoms with E-state index in [4.69, 9.17) is 10.5 Å². The van der Waals surface area contributed by atoms with Gasteiger partial charge in [0.15, 0.2) is 0 Å². The third-order valence-electron chi connectivity index (χ3n) is 3.21. The van der Waals surface area contributed by atoms with E-state index in [0.29, 0.717) is 6.54 Å². The average Bonchev–Trinajstić information content (AvgIpc) is 2.28. The number of hydrogen-bond donors (Lipinski definition) is 1. The zero-order valence-corrected chi connectivity index (χ0v) is 12.0. The van der Waals surface area contributed by atoms with Crippen LogP contribution in [0.2, 0.25) is 0 Å². The molecule has 4 heteroatoms. The van der Waals surface area contributed by atoms with Crippen molar-refractivity contribution in [3.63, 3.8) is 0 Å². The lowest BCUT2D eigenvalue weighted by molar-refractivity contribution is 0.0644. The van der Waals surface area contributed by atoms with Gasteiger partial charge in [-0.25, -0.2) is 0 Å². The lowest BCUT2D eigenvalue weighted by Crippen LogP contribution is -2.53. The zero-order valence-electron chi connectivity index (χ0n) is 10.4. The molecule has 2 N–H and O–H groups in total. The first-order valence-electron chi connectivity index (χ1n) is 5.88. The molecule has 0 saturated carbocycles. The molecule has 0 aromatic heterocycles. The van der Waals surface area contributed by atoms with Gasteiger partial charge in [0.05, 0.1) is 18.8 Å². The number of nitrogens with two attached hydrogens (primary N) is 1. The Balaban J connectivity index is 2.30. The number of morpholine rings is 1. The van der Waals surface area contributed by atoms with Crippen LogP contribution in [0.5, 0.6) is 0 Å². The van der Waals surface area contributed by atoms with E-state index in [1.54, 1.807) is 0 Å². The normalized spacial score (nSPS) is 19.4. The molecule has 3 nitrogen and oxygen atoms in total. The number of halogens is 1. The summed E-state index contributed by atoms with van der Waals surface area (Å²) in [7, 11) is 0. The van der Waals surface area contributed by atoms with Gasteiger partial charge in [0.1, 0.15) is 0 Å². The fourth-order valence-electron chi connectivity index (χ4n) is 2.21. The molecule has 94 valence electrons. The molecule has 2 rings (SSSR count). The molecule has 0 aliphatic carbocycles. The lowest BCUT2D eigenvalue weighted by Gasteiger charge is -2.44. The van der Waals surface area contributed by atoms with Gasteiger partial charge >= 0.3 is 0 Å². The highest BCUT2D eigenvalue weighted by Gasteiger charge is 2.30. The Bertz CT molecular complexity index is 406. The first-order chi connectivity index (χ1) is 8.04. The van der Waals surface area contributed by atoms with E-state index in [9.17, 15) is 0 Å². The minimum absolute atomic E-state index is 0.0436. The van der Waals surface area contributed by atoms with Crippen LogP contribution >= 0.6 is 15.9 Å².